The smallest absolute Gasteiger partial charge is 0.493 e. The molecular weight excluding hydrogens is 248 g/mol. The van der Waals surface area contributed by atoms with Crippen LogP contribution in [0, 0.1) is 0 Å². The summed E-state index contributed by atoms with van der Waals surface area (Å²) < 4.78 is 20.2. The third-order valence-electron chi connectivity index (χ3n) is 2.71. The van der Waals surface area contributed by atoms with Gasteiger partial charge in [-0.3, -0.25) is 0 Å². The van der Waals surface area contributed by atoms with Crippen LogP contribution in [0.3, 0.4) is 0 Å². The molecule has 0 aliphatic heterocycles. The van der Waals surface area contributed by atoms with Crippen LogP contribution < -0.4 is 14.2 Å². The summed E-state index contributed by atoms with van der Waals surface area (Å²) in [6, 6.07) is 9.00. The van der Waals surface area contributed by atoms with E-state index in [4.69, 9.17) is 14.2 Å². The molecule has 0 aromatic heterocycles. The quantitative estimate of drug-likeness (QED) is 0.628. The highest BCUT2D eigenvalue weighted by molar-refractivity contribution is 5.96. The van der Waals surface area contributed by atoms with E-state index in [-0.39, 0.29) is 0 Å². The van der Waals surface area contributed by atoms with E-state index in [9.17, 15) is 4.79 Å². The van der Waals surface area contributed by atoms with Crippen LogP contribution in [-0.2, 0) is 4.74 Å². The Balaban J connectivity index is 2.66. The van der Waals surface area contributed by atoms with E-state index < -0.39 is 6.16 Å². The summed E-state index contributed by atoms with van der Waals surface area (Å²) in [5.41, 5.74) is 0. The van der Waals surface area contributed by atoms with Crippen LogP contribution in [0.15, 0.2) is 30.3 Å². The number of fused-ring (bicyclic) bond motifs is 1. The van der Waals surface area contributed by atoms with E-state index in [1.807, 2.05) is 24.3 Å². The summed E-state index contributed by atoms with van der Waals surface area (Å²) in [5.74, 6) is 1.44. The lowest BCUT2D eigenvalue weighted by atomic mass is 10.1. The van der Waals surface area contributed by atoms with Crippen LogP contribution in [-0.4, -0.2) is 27.5 Å². The van der Waals surface area contributed by atoms with Gasteiger partial charge in [0, 0.05) is 16.8 Å². The number of carbonyl (C=O) groups excluding carboxylic acids is 1. The van der Waals surface area contributed by atoms with Gasteiger partial charge in [-0.25, -0.2) is 4.79 Å². The average molecular weight is 262 g/mol. The Morgan fingerprint density at radius 2 is 1.63 bits per heavy atom. The number of methoxy groups -OCH3 is 3. The molecule has 0 heterocycles. The Morgan fingerprint density at radius 3 is 2.21 bits per heavy atom. The third kappa shape index (κ3) is 2.40. The second-order valence-corrected chi connectivity index (χ2v) is 3.71. The second-order valence-electron chi connectivity index (χ2n) is 3.71. The van der Waals surface area contributed by atoms with Crippen LogP contribution in [0.2, 0.25) is 0 Å². The van der Waals surface area contributed by atoms with E-state index in [2.05, 4.69) is 4.74 Å². The lowest BCUT2D eigenvalue weighted by Gasteiger charge is -2.14. The molecular formula is C14H14O5. The van der Waals surface area contributed by atoms with Crippen molar-refractivity contribution in [2.24, 2.45) is 0 Å². The molecule has 0 amide bonds. The van der Waals surface area contributed by atoms with Crippen molar-refractivity contribution >= 4 is 16.9 Å². The van der Waals surface area contributed by atoms with Gasteiger partial charge in [-0.05, 0) is 0 Å². The fourth-order valence-corrected chi connectivity index (χ4v) is 1.87. The fraction of sp³-hybridized carbons (Fsp3) is 0.214. The summed E-state index contributed by atoms with van der Waals surface area (Å²) >= 11 is 0. The van der Waals surface area contributed by atoms with Crippen molar-refractivity contribution in [1.29, 1.82) is 0 Å². The van der Waals surface area contributed by atoms with Crippen molar-refractivity contribution in [3.63, 3.8) is 0 Å². The molecule has 0 atom stereocenters. The van der Waals surface area contributed by atoms with Crippen molar-refractivity contribution in [3.8, 4) is 17.2 Å². The molecule has 100 valence electrons. The number of benzene rings is 2. The zero-order chi connectivity index (χ0) is 13.8. The van der Waals surface area contributed by atoms with E-state index >= 15 is 0 Å². The summed E-state index contributed by atoms with van der Waals surface area (Å²) in [6.07, 6.45) is -0.780. The van der Waals surface area contributed by atoms with E-state index in [0.717, 1.165) is 10.8 Å². The van der Waals surface area contributed by atoms with Gasteiger partial charge in [-0.1, -0.05) is 24.3 Å². The van der Waals surface area contributed by atoms with Crippen molar-refractivity contribution in [3.05, 3.63) is 30.3 Å². The number of hydrogen-bond donors (Lipinski definition) is 0. The van der Waals surface area contributed by atoms with Crippen molar-refractivity contribution < 1.29 is 23.7 Å². The van der Waals surface area contributed by atoms with Gasteiger partial charge in [-0.2, -0.15) is 0 Å². The molecule has 0 saturated carbocycles. The van der Waals surface area contributed by atoms with Gasteiger partial charge in [0.15, 0.2) is 11.5 Å². The topological polar surface area (TPSA) is 54.0 Å². The molecule has 0 N–H and O–H groups in total. The first-order valence-corrected chi connectivity index (χ1v) is 5.60. The average Bonchev–Trinajstić information content (AvgIpc) is 2.46. The van der Waals surface area contributed by atoms with Crippen molar-refractivity contribution in [1.82, 2.24) is 0 Å². The standard InChI is InChI=1S/C14H14O5/c1-16-12-8-11(19-14(15)18-3)9-6-4-5-7-10(9)13(12)17-2/h4-8H,1-3H3. The lowest BCUT2D eigenvalue weighted by molar-refractivity contribution is 0.122. The first-order valence-electron chi connectivity index (χ1n) is 5.60. The molecule has 0 saturated heterocycles. The summed E-state index contributed by atoms with van der Waals surface area (Å²) in [7, 11) is 4.34. The molecule has 0 unspecified atom stereocenters. The van der Waals surface area contributed by atoms with Crippen LogP contribution in [0.4, 0.5) is 4.79 Å². The zero-order valence-electron chi connectivity index (χ0n) is 10.9. The first kappa shape index (κ1) is 13.0. The molecule has 5 nitrogen and oxygen atoms in total. The first-order chi connectivity index (χ1) is 9.21. The number of hydrogen-bond acceptors (Lipinski definition) is 5. The maximum atomic E-state index is 11.3. The monoisotopic (exact) mass is 262 g/mol. The Labute approximate surface area is 110 Å². The summed E-state index contributed by atoms with van der Waals surface area (Å²) in [6.45, 7) is 0. The van der Waals surface area contributed by atoms with Gasteiger partial charge in [0.1, 0.15) is 5.75 Å². The minimum atomic E-state index is -0.780. The molecule has 0 fully saturated rings. The van der Waals surface area contributed by atoms with Crippen molar-refractivity contribution in [2.75, 3.05) is 21.3 Å². The fourth-order valence-electron chi connectivity index (χ4n) is 1.87. The Kier molecular flexibility index (Phi) is 3.75. The van der Waals surface area contributed by atoms with Gasteiger partial charge in [0.2, 0.25) is 0 Å². The molecule has 5 heteroatoms. The normalized spacial score (nSPS) is 10.1. The van der Waals surface area contributed by atoms with E-state index in [1.165, 1.54) is 14.2 Å². The maximum Gasteiger partial charge on any atom is 0.513 e. The maximum absolute atomic E-state index is 11.3. The van der Waals surface area contributed by atoms with Gasteiger partial charge in [0.05, 0.1) is 21.3 Å². The largest absolute Gasteiger partial charge is 0.513 e. The van der Waals surface area contributed by atoms with Gasteiger partial charge < -0.3 is 18.9 Å². The Hall–Kier alpha value is -2.43. The molecule has 2 aromatic rings. The molecule has 2 rings (SSSR count). The molecule has 0 bridgehead atoms. The Morgan fingerprint density at radius 1 is 0.947 bits per heavy atom. The van der Waals surface area contributed by atoms with Gasteiger partial charge in [0.25, 0.3) is 0 Å². The highest BCUT2D eigenvalue weighted by Crippen LogP contribution is 2.41. The minimum absolute atomic E-state index is 0.361. The van der Waals surface area contributed by atoms with Crippen LogP contribution in [0.25, 0.3) is 10.8 Å². The predicted octanol–water partition coefficient (Wildman–Crippen LogP) is 3.00. The van der Waals surface area contributed by atoms with Crippen LogP contribution in [0.5, 0.6) is 17.2 Å². The lowest BCUT2D eigenvalue weighted by Crippen LogP contribution is -2.08. The number of carbonyl (C=O) groups is 1. The molecule has 19 heavy (non-hydrogen) atoms. The summed E-state index contributed by atoms with van der Waals surface area (Å²) in [5, 5.41) is 1.54. The molecule has 0 spiro atoms. The molecule has 0 aliphatic carbocycles. The van der Waals surface area contributed by atoms with Crippen LogP contribution in [0.1, 0.15) is 0 Å². The molecule has 0 aliphatic rings. The molecule has 2 aromatic carbocycles. The molecule has 0 radical (unpaired) electrons. The second kappa shape index (κ2) is 5.48. The highest BCUT2D eigenvalue weighted by Gasteiger charge is 2.16. The zero-order valence-corrected chi connectivity index (χ0v) is 10.9. The van der Waals surface area contributed by atoms with E-state index in [0.29, 0.717) is 17.2 Å². The highest BCUT2D eigenvalue weighted by atomic mass is 16.7. The Bertz CT molecular complexity index is 606. The van der Waals surface area contributed by atoms with Crippen molar-refractivity contribution in [2.45, 2.75) is 0 Å². The van der Waals surface area contributed by atoms with Gasteiger partial charge in [-0.15, -0.1) is 0 Å². The number of ether oxygens (including phenoxy) is 4. The minimum Gasteiger partial charge on any atom is -0.493 e. The van der Waals surface area contributed by atoms with Crippen LogP contribution >= 0.6 is 0 Å². The third-order valence-corrected chi connectivity index (χ3v) is 2.71. The number of rotatable bonds is 3. The SMILES string of the molecule is COC(=O)Oc1cc(OC)c(OC)c2ccccc12. The van der Waals surface area contributed by atoms with Gasteiger partial charge >= 0.3 is 6.16 Å². The predicted molar refractivity (Wildman–Crippen MR) is 70.1 cm³/mol. The van der Waals surface area contributed by atoms with E-state index in [1.54, 1.807) is 13.2 Å². The summed E-state index contributed by atoms with van der Waals surface area (Å²) in [4.78, 5) is 11.3.